The van der Waals surface area contributed by atoms with Crippen LogP contribution in [-0.4, -0.2) is 24.1 Å². The number of carbonyl (C=O) groups is 2. The molecule has 2 amide bonds. The second-order valence-corrected chi connectivity index (χ2v) is 6.27. The summed E-state index contributed by atoms with van der Waals surface area (Å²) < 4.78 is 5.25. The van der Waals surface area contributed by atoms with E-state index in [4.69, 9.17) is 4.74 Å². The van der Waals surface area contributed by atoms with Crippen LogP contribution in [-0.2, 0) is 22.6 Å². The lowest BCUT2D eigenvalue weighted by atomic mass is 10.0. The van der Waals surface area contributed by atoms with E-state index >= 15 is 0 Å². The molecule has 0 bridgehead atoms. The Morgan fingerprint density at radius 2 is 1.50 bits per heavy atom. The third-order valence-corrected chi connectivity index (χ3v) is 4.11. The highest BCUT2D eigenvalue weighted by Crippen LogP contribution is 2.06. The minimum absolute atomic E-state index is 0.0444. The van der Waals surface area contributed by atoms with Crippen molar-refractivity contribution in [3.8, 4) is 0 Å². The van der Waals surface area contributed by atoms with E-state index in [1.807, 2.05) is 74.5 Å². The number of alkyl carbamates (subject to hydrolysis) is 1. The molecule has 138 valence electrons. The average molecular weight is 354 g/mol. The average Bonchev–Trinajstić information content (AvgIpc) is 2.67. The Bertz CT molecular complexity index is 689. The van der Waals surface area contributed by atoms with Gasteiger partial charge in [0.1, 0.15) is 12.6 Å². The predicted molar refractivity (Wildman–Crippen MR) is 102 cm³/mol. The first kappa shape index (κ1) is 19.5. The van der Waals surface area contributed by atoms with Crippen molar-refractivity contribution in [2.75, 3.05) is 0 Å². The maximum absolute atomic E-state index is 12.5. The lowest BCUT2D eigenvalue weighted by Crippen LogP contribution is -2.50. The van der Waals surface area contributed by atoms with Gasteiger partial charge in [0, 0.05) is 12.5 Å². The zero-order valence-electron chi connectivity index (χ0n) is 15.3. The fourth-order valence-electron chi connectivity index (χ4n) is 2.41. The molecule has 26 heavy (non-hydrogen) atoms. The molecule has 0 saturated heterocycles. The lowest BCUT2D eigenvalue weighted by molar-refractivity contribution is -0.123. The molecule has 2 aromatic rings. The second-order valence-electron chi connectivity index (χ2n) is 6.27. The van der Waals surface area contributed by atoms with Gasteiger partial charge in [0.05, 0.1) is 0 Å². The maximum atomic E-state index is 12.5. The fourth-order valence-corrected chi connectivity index (χ4v) is 2.41. The van der Waals surface area contributed by atoms with Crippen LogP contribution in [0.3, 0.4) is 0 Å². The number of nitrogens with one attached hydrogen (secondary N) is 2. The van der Waals surface area contributed by atoms with Crippen molar-refractivity contribution in [2.24, 2.45) is 0 Å². The first-order valence-electron chi connectivity index (χ1n) is 8.90. The van der Waals surface area contributed by atoms with E-state index in [0.717, 1.165) is 17.5 Å². The molecule has 0 aliphatic rings. The van der Waals surface area contributed by atoms with Gasteiger partial charge in [-0.25, -0.2) is 4.79 Å². The van der Waals surface area contributed by atoms with E-state index in [1.165, 1.54) is 0 Å². The molecular weight excluding hydrogens is 328 g/mol. The summed E-state index contributed by atoms with van der Waals surface area (Å²) >= 11 is 0. The first-order valence-corrected chi connectivity index (χ1v) is 8.90. The molecule has 0 aromatic heterocycles. The van der Waals surface area contributed by atoms with Crippen molar-refractivity contribution in [2.45, 2.75) is 45.4 Å². The lowest BCUT2D eigenvalue weighted by Gasteiger charge is -2.21. The zero-order chi connectivity index (χ0) is 18.8. The Morgan fingerprint density at radius 3 is 2.08 bits per heavy atom. The largest absolute Gasteiger partial charge is 0.445 e. The maximum Gasteiger partial charge on any atom is 0.408 e. The number of benzene rings is 2. The minimum Gasteiger partial charge on any atom is -0.445 e. The normalized spacial score (nSPS) is 12.7. The van der Waals surface area contributed by atoms with Crippen LogP contribution in [0, 0.1) is 0 Å². The van der Waals surface area contributed by atoms with Gasteiger partial charge in [-0.3, -0.25) is 4.79 Å². The van der Waals surface area contributed by atoms with Crippen LogP contribution in [0.2, 0.25) is 0 Å². The van der Waals surface area contributed by atoms with Crippen molar-refractivity contribution in [3.63, 3.8) is 0 Å². The molecule has 2 rings (SSSR count). The quantitative estimate of drug-likeness (QED) is 0.763. The van der Waals surface area contributed by atoms with Crippen LogP contribution in [0.5, 0.6) is 0 Å². The molecule has 0 saturated carbocycles. The van der Waals surface area contributed by atoms with Gasteiger partial charge in [-0.15, -0.1) is 0 Å². The molecule has 2 atom stereocenters. The van der Waals surface area contributed by atoms with Gasteiger partial charge in [-0.1, -0.05) is 67.6 Å². The third kappa shape index (κ3) is 6.59. The standard InChI is InChI=1S/C21H26N2O3/c1-3-16(2)22-20(24)19(14-17-10-6-4-7-11-17)23-21(25)26-15-18-12-8-5-9-13-18/h4-13,16,19H,3,14-15H2,1-2H3,(H,22,24)(H,23,25)/t16-,19+/m1/s1. The smallest absolute Gasteiger partial charge is 0.408 e. The van der Waals surface area contributed by atoms with Gasteiger partial charge in [-0.2, -0.15) is 0 Å². The molecule has 0 fully saturated rings. The van der Waals surface area contributed by atoms with Crippen molar-refractivity contribution in [1.29, 1.82) is 0 Å². The summed E-state index contributed by atoms with van der Waals surface area (Å²) in [5, 5.41) is 5.61. The highest BCUT2D eigenvalue weighted by molar-refractivity contribution is 5.86. The third-order valence-electron chi connectivity index (χ3n) is 4.11. The van der Waals surface area contributed by atoms with Crippen LogP contribution in [0.1, 0.15) is 31.4 Å². The van der Waals surface area contributed by atoms with Gasteiger partial charge in [0.2, 0.25) is 5.91 Å². The number of carbonyl (C=O) groups excluding carboxylic acids is 2. The molecule has 0 heterocycles. The van der Waals surface area contributed by atoms with E-state index in [9.17, 15) is 9.59 Å². The van der Waals surface area contributed by atoms with E-state index < -0.39 is 12.1 Å². The number of hydrogen-bond donors (Lipinski definition) is 2. The molecule has 5 heteroatoms. The highest BCUT2D eigenvalue weighted by Gasteiger charge is 2.23. The minimum atomic E-state index is -0.685. The Labute approximate surface area is 154 Å². The number of amides is 2. The van der Waals surface area contributed by atoms with E-state index in [0.29, 0.717) is 6.42 Å². The molecule has 0 unspecified atom stereocenters. The van der Waals surface area contributed by atoms with Crippen LogP contribution in [0.15, 0.2) is 60.7 Å². The van der Waals surface area contributed by atoms with Crippen LogP contribution in [0.25, 0.3) is 0 Å². The van der Waals surface area contributed by atoms with Crippen molar-refractivity contribution >= 4 is 12.0 Å². The SMILES string of the molecule is CC[C@@H](C)NC(=O)[C@H](Cc1ccccc1)NC(=O)OCc1ccccc1. The molecule has 0 radical (unpaired) electrons. The van der Waals surface area contributed by atoms with Crippen molar-refractivity contribution < 1.29 is 14.3 Å². The van der Waals surface area contributed by atoms with E-state index in [1.54, 1.807) is 0 Å². The van der Waals surface area contributed by atoms with Crippen molar-refractivity contribution in [3.05, 3.63) is 71.8 Å². The Balaban J connectivity index is 1.97. The molecule has 2 N–H and O–H groups in total. The van der Waals surface area contributed by atoms with E-state index in [2.05, 4.69) is 10.6 Å². The van der Waals surface area contributed by atoms with Gasteiger partial charge >= 0.3 is 6.09 Å². The molecule has 0 aliphatic carbocycles. The monoisotopic (exact) mass is 354 g/mol. The topological polar surface area (TPSA) is 67.4 Å². The van der Waals surface area contributed by atoms with Gasteiger partial charge in [0.25, 0.3) is 0 Å². The predicted octanol–water partition coefficient (Wildman–Crippen LogP) is 3.44. The number of rotatable bonds is 8. The van der Waals surface area contributed by atoms with Crippen LogP contribution < -0.4 is 10.6 Å². The van der Waals surface area contributed by atoms with E-state index in [-0.39, 0.29) is 18.6 Å². The first-order chi connectivity index (χ1) is 12.6. The summed E-state index contributed by atoms with van der Waals surface area (Å²) in [6.45, 7) is 4.10. The summed E-state index contributed by atoms with van der Waals surface area (Å²) in [7, 11) is 0. The van der Waals surface area contributed by atoms with Gasteiger partial charge in [0.15, 0.2) is 0 Å². The molecule has 0 aliphatic heterocycles. The molecule has 0 spiro atoms. The molecular formula is C21H26N2O3. The summed E-state index contributed by atoms with van der Waals surface area (Å²) in [4.78, 5) is 24.7. The Kier molecular flexibility index (Phi) is 7.68. The highest BCUT2D eigenvalue weighted by atomic mass is 16.5. The second kappa shape index (κ2) is 10.2. The van der Waals surface area contributed by atoms with Crippen molar-refractivity contribution in [1.82, 2.24) is 10.6 Å². The van der Waals surface area contributed by atoms with Crippen LogP contribution >= 0.6 is 0 Å². The van der Waals surface area contributed by atoms with Gasteiger partial charge < -0.3 is 15.4 Å². The summed E-state index contributed by atoms with van der Waals surface area (Å²) in [6.07, 6.45) is 0.625. The summed E-state index contributed by atoms with van der Waals surface area (Å²) in [6, 6.07) is 18.4. The molecule has 5 nitrogen and oxygen atoms in total. The van der Waals surface area contributed by atoms with Crippen LogP contribution in [0.4, 0.5) is 4.79 Å². The fraction of sp³-hybridized carbons (Fsp3) is 0.333. The Morgan fingerprint density at radius 1 is 0.923 bits per heavy atom. The van der Waals surface area contributed by atoms with Gasteiger partial charge in [-0.05, 0) is 24.5 Å². The molecule has 2 aromatic carbocycles. The zero-order valence-corrected chi connectivity index (χ0v) is 15.3. The summed E-state index contributed by atoms with van der Waals surface area (Å²) in [5.74, 6) is -0.208. The number of hydrogen-bond acceptors (Lipinski definition) is 3. The Hall–Kier alpha value is -2.82. The summed E-state index contributed by atoms with van der Waals surface area (Å²) in [5.41, 5.74) is 1.87. The number of ether oxygens (including phenoxy) is 1.